The van der Waals surface area contributed by atoms with Crippen LogP contribution in [0.5, 0.6) is 0 Å². The van der Waals surface area contributed by atoms with Crippen molar-refractivity contribution < 1.29 is 24.9 Å². The van der Waals surface area contributed by atoms with E-state index in [1.807, 2.05) is 0 Å². The Hall–Kier alpha value is -0.170. The van der Waals surface area contributed by atoms with Crippen LogP contribution in [0.4, 0.5) is 0 Å². The molecule has 0 aromatic heterocycles. The summed E-state index contributed by atoms with van der Waals surface area (Å²) in [7, 11) is 0. The van der Waals surface area contributed by atoms with Crippen LogP contribution in [0.3, 0.4) is 0 Å². The number of nitrogens with one attached hydrogen (secondary N) is 4. The zero-order valence-corrected chi connectivity index (χ0v) is 23.0. The number of halogens is 1. The number of aliphatic hydroxyl groups is 3. The lowest BCUT2D eigenvalue weighted by Crippen LogP contribution is -2.65. The molecule has 35 heavy (non-hydrogen) atoms. The number of carbonyl (C=O) groups excluding carboxylic acids is 1. The molecule has 9 atom stereocenters. The summed E-state index contributed by atoms with van der Waals surface area (Å²) in [5.41, 5.74) is -0.715. The summed E-state index contributed by atoms with van der Waals surface area (Å²) >= 11 is 7.62. The van der Waals surface area contributed by atoms with Crippen molar-refractivity contribution in [2.24, 2.45) is 5.92 Å². The third-order valence-electron chi connectivity index (χ3n) is 7.04. The predicted molar refractivity (Wildman–Crippen MR) is 142 cm³/mol. The van der Waals surface area contributed by atoms with Crippen molar-refractivity contribution in [3.63, 3.8) is 0 Å². The second kappa shape index (κ2) is 16.6. The standard InChI is InChI=1S/C24H47ClN4O5S/c1-4-26-12-6-13-27-11-5-7-16-8-9-17(28-14-10-16)23(33)29-18(15(2)25)22-20(31)19(30)21(32)24(34-22)35-3/h15-22,24,26-28,30-32H,4-14H2,1-3H3,(H,29,33)/t15-,16-,17-,18+,19?,20?,21+,22+,24?/m0/s1. The molecule has 0 bridgehead atoms. The average Bonchev–Trinajstić information content (AvgIpc) is 3.09. The summed E-state index contributed by atoms with van der Waals surface area (Å²) in [6.07, 6.45) is 3.06. The number of hydrogen-bond donors (Lipinski definition) is 7. The number of amides is 1. The van der Waals surface area contributed by atoms with Crippen molar-refractivity contribution in [1.29, 1.82) is 0 Å². The zero-order valence-electron chi connectivity index (χ0n) is 21.4. The molecule has 0 aliphatic carbocycles. The topological polar surface area (TPSA) is 135 Å². The molecule has 2 rings (SSSR count). The molecule has 2 fully saturated rings. The van der Waals surface area contributed by atoms with E-state index in [4.69, 9.17) is 16.3 Å². The van der Waals surface area contributed by atoms with Gasteiger partial charge < -0.3 is 41.3 Å². The largest absolute Gasteiger partial charge is 0.388 e. The Balaban J connectivity index is 1.80. The van der Waals surface area contributed by atoms with E-state index < -0.39 is 41.3 Å². The van der Waals surface area contributed by atoms with E-state index in [2.05, 4.69) is 28.2 Å². The third kappa shape index (κ3) is 9.90. The Kier molecular flexibility index (Phi) is 14.7. The highest BCUT2D eigenvalue weighted by Gasteiger charge is 2.48. The molecular formula is C24H47ClN4O5S. The molecule has 206 valence electrons. The minimum Gasteiger partial charge on any atom is -0.388 e. The van der Waals surface area contributed by atoms with Gasteiger partial charge in [0, 0.05) is 0 Å². The van der Waals surface area contributed by atoms with Crippen LogP contribution >= 0.6 is 23.4 Å². The number of carbonyl (C=O) groups is 1. The summed E-state index contributed by atoms with van der Waals surface area (Å²) in [5, 5.41) is 43.6. The molecule has 7 N–H and O–H groups in total. The lowest BCUT2D eigenvalue weighted by Gasteiger charge is -2.44. The van der Waals surface area contributed by atoms with Gasteiger partial charge in [0.25, 0.3) is 0 Å². The van der Waals surface area contributed by atoms with Gasteiger partial charge in [-0.15, -0.1) is 23.4 Å². The first kappa shape index (κ1) is 31.1. The minimum absolute atomic E-state index is 0.178. The molecule has 2 aliphatic rings. The molecule has 0 aromatic rings. The van der Waals surface area contributed by atoms with Crippen LogP contribution in [0.15, 0.2) is 0 Å². The summed E-state index contributed by atoms with van der Waals surface area (Å²) in [5.74, 6) is 0.414. The summed E-state index contributed by atoms with van der Waals surface area (Å²) in [6, 6.07) is -1.05. The highest BCUT2D eigenvalue weighted by Crippen LogP contribution is 2.30. The van der Waals surface area contributed by atoms with E-state index in [1.54, 1.807) is 13.2 Å². The van der Waals surface area contributed by atoms with Crippen molar-refractivity contribution in [2.45, 2.75) is 99.7 Å². The summed E-state index contributed by atoms with van der Waals surface area (Å²) < 4.78 is 5.85. The van der Waals surface area contributed by atoms with Crippen molar-refractivity contribution >= 4 is 29.3 Å². The second-order valence-electron chi connectivity index (χ2n) is 9.73. The van der Waals surface area contributed by atoms with Crippen LogP contribution in [0.2, 0.25) is 0 Å². The highest BCUT2D eigenvalue weighted by molar-refractivity contribution is 7.99. The quantitative estimate of drug-likeness (QED) is 0.124. The van der Waals surface area contributed by atoms with E-state index in [1.165, 1.54) is 11.8 Å². The maximum absolute atomic E-state index is 13.1. The Morgan fingerprint density at radius 3 is 2.49 bits per heavy atom. The number of hydrogen-bond acceptors (Lipinski definition) is 9. The van der Waals surface area contributed by atoms with Crippen LogP contribution in [0, 0.1) is 5.92 Å². The molecule has 0 radical (unpaired) electrons. The molecule has 9 nitrogen and oxygen atoms in total. The van der Waals surface area contributed by atoms with Gasteiger partial charge >= 0.3 is 0 Å². The van der Waals surface area contributed by atoms with Gasteiger partial charge in [-0.05, 0) is 90.3 Å². The first-order valence-electron chi connectivity index (χ1n) is 13.1. The average molecular weight is 539 g/mol. The van der Waals surface area contributed by atoms with E-state index in [0.29, 0.717) is 5.92 Å². The fourth-order valence-electron chi connectivity index (χ4n) is 4.87. The molecule has 1 amide bonds. The Morgan fingerprint density at radius 2 is 1.80 bits per heavy atom. The zero-order chi connectivity index (χ0) is 25.8. The maximum atomic E-state index is 13.1. The van der Waals surface area contributed by atoms with Crippen LogP contribution in [0.25, 0.3) is 0 Å². The van der Waals surface area contributed by atoms with Gasteiger partial charge in [-0.2, -0.15) is 0 Å². The molecular weight excluding hydrogens is 492 g/mol. The smallest absolute Gasteiger partial charge is 0.237 e. The van der Waals surface area contributed by atoms with Crippen molar-refractivity contribution in [3.8, 4) is 0 Å². The molecule has 0 saturated carbocycles. The van der Waals surface area contributed by atoms with Crippen molar-refractivity contribution in [3.05, 3.63) is 0 Å². The molecule has 0 spiro atoms. The van der Waals surface area contributed by atoms with Gasteiger partial charge in [-0.1, -0.05) is 6.92 Å². The van der Waals surface area contributed by atoms with Gasteiger partial charge in [-0.25, -0.2) is 0 Å². The van der Waals surface area contributed by atoms with E-state index in [0.717, 1.165) is 71.2 Å². The van der Waals surface area contributed by atoms with E-state index >= 15 is 0 Å². The number of rotatable bonds is 14. The maximum Gasteiger partial charge on any atom is 0.237 e. The first-order valence-corrected chi connectivity index (χ1v) is 14.8. The monoisotopic (exact) mass is 538 g/mol. The summed E-state index contributed by atoms with van der Waals surface area (Å²) in [4.78, 5) is 13.1. The van der Waals surface area contributed by atoms with Crippen LogP contribution in [-0.2, 0) is 9.53 Å². The highest BCUT2D eigenvalue weighted by atomic mass is 35.5. The fourth-order valence-corrected chi connectivity index (χ4v) is 5.75. The van der Waals surface area contributed by atoms with Crippen LogP contribution < -0.4 is 21.3 Å². The van der Waals surface area contributed by atoms with Crippen molar-refractivity contribution in [1.82, 2.24) is 21.3 Å². The Bertz CT molecular complexity index is 606. The van der Waals surface area contributed by atoms with Gasteiger partial charge in [-0.3, -0.25) is 4.79 Å². The number of alkyl halides is 1. The van der Waals surface area contributed by atoms with Gasteiger partial charge in [0.1, 0.15) is 29.9 Å². The minimum atomic E-state index is -1.37. The lowest BCUT2D eigenvalue weighted by atomic mass is 9.92. The first-order chi connectivity index (χ1) is 16.8. The van der Waals surface area contributed by atoms with Crippen molar-refractivity contribution in [2.75, 3.05) is 39.0 Å². The molecule has 11 heteroatoms. The van der Waals surface area contributed by atoms with E-state index in [-0.39, 0.29) is 11.9 Å². The number of aliphatic hydroxyl groups excluding tert-OH is 3. The lowest BCUT2D eigenvalue weighted by molar-refractivity contribution is -0.205. The Labute approximate surface area is 219 Å². The van der Waals surface area contributed by atoms with Gasteiger partial charge in [0.05, 0.1) is 17.5 Å². The third-order valence-corrected chi connectivity index (χ3v) is 8.17. The van der Waals surface area contributed by atoms with Crippen LogP contribution in [0.1, 0.15) is 52.4 Å². The number of thioether (sulfide) groups is 1. The summed E-state index contributed by atoms with van der Waals surface area (Å²) in [6.45, 7) is 8.75. The molecule has 3 unspecified atom stereocenters. The Morgan fingerprint density at radius 1 is 1.09 bits per heavy atom. The molecule has 2 saturated heterocycles. The van der Waals surface area contributed by atoms with Gasteiger partial charge in [0.2, 0.25) is 5.91 Å². The SMILES string of the molecule is CCNCCCNCCC[C@@H]1CCN[C@H](C(=O)N[C@H]([C@H](C)Cl)[C@H]2OC(SC)[C@H](O)C(O)C2O)CC1. The fraction of sp³-hybridized carbons (Fsp3) is 0.958. The second-order valence-corrected chi connectivity index (χ2v) is 11.4. The molecule has 2 heterocycles. The van der Waals surface area contributed by atoms with Crippen LogP contribution in [-0.4, -0.2) is 108 Å². The predicted octanol–water partition coefficient (Wildman–Crippen LogP) is 0.397. The van der Waals surface area contributed by atoms with Gasteiger partial charge in [0.15, 0.2) is 0 Å². The molecule has 2 aliphatic heterocycles. The molecule has 0 aromatic carbocycles. The number of ether oxygens (including phenoxy) is 1. The normalized spacial score (nSPS) is 33.6. The van der Waals surface area contributed by atoms with E-state index in [9.17, 15) is 20.1 Å².